The summed E-state index contributed by atoms with van der Waals surface area (Å²) < 4.78 is 5.38. The van der Waals surface area contributed by atoms with Gasteiger partial charge in [0.2, 0.25) is 5.78 Å². The fourth-order valence-electron chi connectivity index (χ4n) is 1.23. The van der Waals surface area contributed by atoms with Gasteiger partial charge in [0.05, 0.1) is 6.61 Å². The summed E-state index contributed by atoms with van der Waals surface area (Å²) in [5.41, 5.74) is 0.654. The number of rotatable bonds is 6. The standard InChI is InChI=1S/C12H14O4/c1-2-6-16-10-5-3-4-9(7-10)8-11(13)12(14)15/h3-5,7H,2,6,8H2,1H3,(H,14,15). The van der Waals surface area contributed by atoms with Gasteiger partial charge in [-0.05, 0) is 24.1 Å². The van der Waals surface area contributed by atoms with Gasteiger partial charge < -0.3 is 9.84 Å². The summed E-state index contributed by atoms with van der Waals surface area (Å²) in [5, 5.41) is 8.47. The molecule has 0 saturated carbocycles. The van der Waals surface area contributed by atoms with Gasteiger partial charge in [0.15, 0.2) is 0 Å². The van der Waals surface area contributed by atoms with Gasteiger partial charge in [0.25, 0.3) is 0 Å². The maximum absolute atomic E-state index is 11.0. The molecule has 0 radical (unpaired) electrons. The Hall–Kier alpha value is -1.84. The lowest BCUT2D eigenvalue weighted by molar-refractivity contribution is -0.148. The third kappa shape index (κ3) is 3.73. The van der Waals surface area contributed by atoms with Gasteiger partial charge in [-0.1, -0.05) is 19.1 Å². The minimum absolute atomic E-state index is 0.0986. The zero-order valence-corrected chi connectivity index (χ0v) is 9.10. The number of carboxylic acid groups (broad SMARTS) is 1. The summed E-state index contributed by atoms with van der Waals surface area (Å²) in [5.74, 6) is -1.55. The molecule has 0 aliphatic carbocycles. The van der Waals surface area contributed by atoms with Crippen LogP contribution in [0.3, 0.4) is 0 Å². The van der Waals surface area contributed by atoms with Gasteiger partial charge in [-0.15, -0.1) is 0 Å². The summed E-state index contributed by atoms with van der Waals surface area (Å²) in [6.07, 6.45) is 0.803. The zero-order valence-electron chi connectivity index (χ0n) is 9.10. The monoisotopic (exact) mass is 222 g/mol. The average Bonchev–Trinajstić information content (AvgIpc) is 2.26. The molecule has 1 N–H and O–H groups in total. The second kappa shape index (κ2) is 5.90. The van der Waals surface area contributed by atoms with Crippen molar-refractivity contribution in [1.82, 2.24) is 0 Å². The number of carbonyl (C=O) groups is 2. The normalized spacial score (nSPS) is 9.81. The van der Waals surface area contributed by atoms with Crippen molar-refractivity contribution in [2.45, 2.75) is 19.8 Å². The molecule has 4 heteroatoms. The van der Waals surface area contributed by atoms with Crippen LogP contribution in [0, 0.1) is 0 Å². The smallest absolute Gasteiger partial charge is 0.372 e. The molecule has 1 aromatic rings. The molecular weight excluding hydrogens is 208 g/mol. The van der Waals surface area contributed by atoms with Gasteiger partial charge in [0, 0.05) is 6.42 Å². The van der Waals surface area contributed by atoms with E-state index in [4.69, 9.17) is 9.84 Å². The first-order chi connectivity index (χ1) is 7.63. The van der Waals surface area contributed by atoms with Crippen molar-refractivity contribution in [3.63, 3.8) is 0 Å². The molecular formula is C12H14O4. The highest BCUT2D eigenvalue weighted by Crippen LogP contribution is 2.14. The predicted molar refractivity (Wildman–Crippen MR) is 58.6 cm³/mol. The summed E-state index contributed by atoms with van der Waals surface area (Å²) in [4.78, 5) is 21.4. The van der Waals surface area contributed by atoms with E-state index in [1.54, 1.807) is 24.3 Å². The Morgan fingerprint density at radius 2 is 2.12 bits per heavy atom. The number of hydrogen-bond acceptors (Lipinski definition) is 3. The predicted octanol–water partition coefficient (Wildman–Crippen LogP) is 1.67. The van der Waals surface area contributed by atoms with Crippen LogP contribution < -0.4 is 4.74 Å². The van der Waals surface area contributed by atoms with Crippen molar-refractivity contribution in [2.75, 3.05) is 6.61 Å². The molecule has 1 rings (SSSR count). The van der Waals surface area contributed by atoms with E-state index in [1.807, 2.05) is 6.92 Å². The minimum atomic E-state index is -1.40. The summed E-state index contributed by atoms with van der Waals surface area (Å²) in [7, 11) is 0. The first kappa shape index (κ1) is 12.2. The third-order valence-electron chi connectivity index (χ3n) is 1.97. The van der Waals surface area contributed by atoms with E-state index in [9.17, 15) is 9.59 Å². The molecule has 0 spiro atoms. The van der Waals surface area contributed by atoms with Crippen LogP contribution in [0.1, 0.15) is 18.9 Å². The highest BCUT2D eigenvalue weighted by molar-refractivity contribution is 6.33. The highest BCUT2D eigenvalue weighted by atomic mass is 16.5. The number of benzene rings is 1. The summed E-state index contributed by atoms with van der Waals surface area (Å²) in [6.45, 7) is 2.61. The Balaban J connectivity index is 2.67. The maximum atomic E-state index is 11.0. The molecule has 0 aromatic heterocycles. The van der Waals surface area contributed by atoms with Crippen molar-refractivity contribution < 1.29 is 19.4 Å². The molecule has 0 unspecified atom stereocenters. The number of ether oxygens (including phenoxy) is 1. The molecule has 0 saturated heterocycles. The van der Waals surface area contributed by atoms with Crippen molar-refractivity contribution in [3.8, 4) is 5.75 Å². The molecule has 0 aliphatic heterocycles. The van der Waals surface area contributed by atoms with Crippen molar-refractivity contribution in [3.05, 3.63) is 29.8 Å². The van der Waals surface area contributed by atoms with Gasteiger partial charge in [-0.2, -0.15) is 0 Å². The molecule has 0 atom stereocenters. The van der Waals surface area contributed by atoms with Crippen molar-refractivity contribution >= 4 is 11.8 Å². The largest absolute Gasteiger partial charge is 0.494 e. The molecule has 0 amide bonds. The lowest BCUT2D eigenvalue weighted by Crippen LogP contribution is -2.15. The van der Waals surface area contributed by atoms with Crippen LogP contribution in [0.15, 0.2) is 24.3 Å². The van der Waals surface area contributed by atoms with Crippen LogP contribution in [0.5, 0.6) is 5.75 Å². The van der Waals surface area contributed by atoms with Crippen LogP contribution in [-0.2, 0) is 16.0 Å². The maximum Gasteiger partial charge on any atom is 0.372 e. The molecule has 0 heterocycles. The van der Waals surface area contributed by atoms with E-state index >= 15 is 0 Å². The average molecular weight is 222 g/mol. The second-order valence-corrected chi connectivity index (χ2v) is 3.40. The Labute approximate surface area is 93.9 Å². The molecule has 16 heavy (non-hydrogen) atoms. The van der Waals surface area contributed by atoms with Crippen LogP contribution in [0.25, 0.3) is 0 Å². The number of hydrogen-bond donors (Lipinski definition) is 1. The first-order valence-corrected chi connectivity index (χ1v) is 5.11. The Bertz CT molecular complexity index is 384. The van der Waals surface area contributed by atoms with E-state index in [0.29, 0.717) is 17.9 Å². The fraction of sp³-hybridized carbons (Fsp3) is 0.333. The van der Waals surface area contributed by atoms with E-state index in [-0.39, 0.29) is 6.42 Å². The molecule has 0 bridgehead atoms. The topological polar surface area (TPSA) is 63.6 Å². The Kier molecular flexibility index (Phi) is 4.51. The van der Waals surface area contributed by atoms with Crippen LogP contribution in [0.4, 0.5) is 0 Å². The molecule has 0 aliphatic rings. The van der Waals surface area contributed by atoms with Gasteiger partial charge >= 0.3 is 5.97 Å². The first-order valence-electron chi connectivity index (χ1n) is 5.11. The zero-order chi connectivity index (χ0) is 12.0. The number of carboxylic acids is 1. The quantitative estimate of drug-likeness (QED) is 0.743. The molecule has 1 aromatic carbocycles. The van der Waals surface area contributed by atoms with Crippen LogP contribution in [0.2, 0.25) is 0 Å². The Morgan fingerprint density at radius 3 is 2.75 bits per heavy atom. The lowest BCUT2D eigenvalue weighted by Gasteiger charge is -2.05. The number of carbonyl (C=O) groups excluding carboxylic acids is 1. The van der Waals surface area contributed by atoms with Gasteiger partial charge in [-0.25, -0.2) is 4.79 Å². The number of ketones is 1. The van der Waals surface area contributed by atoms with Gasteiger partial charge in [0.1, 0.15) is 5.75 Å². The second-order valence-electron chi connectivity index (χ2n) is 3.40. The van der Waals surface area contributed by atoms with Crippen LogP contribution >= 0.6 is 0 Å². The molecule has 86 valence electrons. The Morgan fingerprint density at radius 1 is 1.38 bits per heavy atom. The highest BCUT2D eigenvalue weighted by Gasteiger charge is 2.12. The number of aliphatic carboxylic acids is 1. The lowest BCUT2D eigenvalue weighted by atomic mass is 10.1. The minimum Gasteiger partial charge on any atom is -0.494 e. The van der Waals surface area contributed by atoms with E-state index in [0.717, 1.165) is 6.42 Å². The molecule has 0 fully saturated rings. The summed E-state index contributed by atoms with van der Waals surface area (Å²) >= 11 is 0. The van der Waals surface area contributed by atoms with Crippen LogP contribution in [-0.4, -0.2) is 23.5 Å². The number of Topliss-reactive ketones (excluding diaryl/α,β-unsaturated/α-hetero) is 1. The van der Waals surface area contributed by atoms with Crippen molar-refractivity contribution in [1.29, 1.82) is 0 Å². The SMILES string of the molecule is CCCOc1cccc(CC(=O)C(=O)O)c1. The van der Waals surface area contributed by atoms with E-state index in [1.165, 1.54) is 0 Å². The van der Waals surface area contributed by atoms with E-state index in [2.05, 4.69) is 0 Å². The summed E-state index contributed by atoms with van der Waals surface area (Å²) in [6, 6.07) is 6.93. The van der Waals surface area contributed by atoms with Gasteiger partial charge in [-0.3, -0.25) is 4.79 Å². The van der Waals surface area contributed by atoms with E-state index < -0.39 is 11.8 Å². The molecule has 4 nitrogen and oxygen atoms in total. The third-order valence-corrected chi connectivity index (χ3v) is 1.97. The van der Waals surface area contributed by atoms with Crippen molar-refractivity contribution in [2.24, 2.45) is 0 Å². The fourth-order valence-corrected chi connectivity index (χ4v) is 1.23.